The summed E-state index contributed by atoms with van der Waals surface area (Å²) in [4.78, 5) is 0. The second-order valence-corrected chi connectivity index (χ2v) is 7.35. The lowest BCUT2D eigenvalue weighted by molar-refractivity contribution is 0.343. The van der Waals surface area contributed by atoms with Crippen LogP contribution < -0.4 is 0 Å². The van der Waals surface area contributed by atoms with Gasteiger partial charge in [-0.3, -0.25) is 10.9 Å². The number of hydrogen-bond acceptors (Lipinski definition) is 0. The minimum absolute atomic E-state index is 0.368. The molecular formula is C10H20S. The van der Waals surface area contributed by atoms with Gasteiger partial charge in [-0.05, 0) is 61.7 Å². The van der Waals surface area contributed by atoms with E-state index in [1.54, 1.807) is 38.5 Å². The van der Waals surface area contributed by atoms with E-state index in [-0.39, 0.29) is 0 Å². The van der Waals surface area contributed by atoms with Crippen molar-refractivity contribution in [3.05, 3.63) is 0 Å². The average Bonchev–Trinajstić information content (AvgIpc) is 2.70. The van der Waals surface area contributed by atoms with Crippen molar-refractivity contribution in [2.75, 3.05) is 12.5 Å². The second-order valence-electron chi connectivity index (χ2n) is 4.69. The van der Waals surface area contributed by atoms with Gasteiger partial charge in [-0.1, -0.05) is 0 Å². The smallest absolute Gasteiger partial charge is 0.0141 e. The molecule has 1 heteroatoms. The fraction of sp³-hybridized carbons (Fsp3) is 1.00. The van der Waals surface area contributed by atoms with E-state index in [9.17, 15) is 0 Å². The lowest BCUT2D eigenvalue weighted by Crippen LogP contribution is -2.18. The van der Waals surface area contributed by atoms with Crippen LogP contribution in [0.1, 0.15) is 38.5 Å². The molecule has 11 heavy (non-hydrogen) atoms. The Morgan fingerprint density at radius 3 is 1.91 bits per heavy atom. The van der Waals surface area contributed by atoms with Crippen molar-refractivity contribution in [1.29, 1.82) is 0 Å². The highest BCUT2D eigenvalue weighted by Crippen LogP contribution is 2.58. The average molecular weight is 172 g/mol. The summed E-state index contributed by atoms with van der Waals surface area (Å²) in [6.07, 6.45) is 14.3. The summed E-state index contributed by atoms with van der Waals surface area (Å²) < 4.78 is 0. The number of hydrogen-bond donors (Lipinski definition) is 1. The Labute approximate surface area is 73.1 Å². The van der Waals surface area contributed by atoms with E-state index in [0.717, 1.165) is 10.7 Å². The maximum atomic E-state index is 2.45. The van der Waals surface area contributed by atoms with Crippen LogP contribution in [-0.4, -0.2) is 17.8 Å². The van der Waals surface area contributed by atoms with E-state index < -0.39 is 0 Å². The van der Waals surface area contributed by atoms with Crippen molar-refractivity contribution < 1.29 is 0 Å². The van der Waals surface area contributed by atoms with Gasteiger partial charge in [0.05, 0.1) is 0 Å². The Morgan fingerprint density at radius 2 is 1.55 bits per heavy atom. The molecule has 0 bridgehead atoms. The maximum absolute atomic E-state index is 2.45. The molecule has 66 valence electrons. The summed E-state index contributed by atoms with van der Waals surface area (Å²) in [6.45, 7) is 0. The molecule has 0 aromatic rings. The molecule has 2 aliphatic carbocycles. The summed E-state index contributed by atoms with van der Waals surface area (Å²) in [5.41, 5.74) is 0.905. The molecule has 0 aliphatic heterocycles. The molecule has 0 amide bonds. The second kappa shape index (κ2) is 2.69. The molecule has 2 aliphatic rings. The summed E-state index contributed by atoms with van der Waals surface area (Å²) >= 11 is 0. The summed E-state index contributed by atoms with van der Waals surface area (Å²) in [6, 6.07) is 0. The molecule has 0 heterocycles. The molecule has 0 saturated heterocycles. The molecule has 1 spiro atoms. The van der Waals surface area contributed by atoms with Crippen molar-refractivity contribution in [3.8, 4) is 0 Å². The monoisotopic (exact) mass is 172 g/mol. The van der Waals surface area contributed by atoms with Crippen LogP contribution in [0.5, 0.6) is 0 Å². The third-order valence-corrected chi connectivity index (χ3v) is 5.68. The van der Waals surface area contributed by atoms with Crippen LogP contribution in [0, 0.1) is 5.41 Å². The zero-order valence-electron chi connectivity index (χ0n) is 7.77. The first-order valence-corrected chi connectivity index (χ1v) is 7.19. The van der Waals surface area contributed by atoms with Crippen LogP contribution in [0.3, 0.4) is 0 Å². The van der Waals surface area contributed by atoms with Crippen molar-refractivity contribution in [2.45, 2.75) is 43.8 Å². The summed E-state index contributed by atoms with van der Waals surface area (Å²) in [5, 5.41) is 1.12. The first kappa shape index (κ1) is 7.97. The molecule has 0 aromatic carbocycles. The minimum Gasteiger partial charge on any atom is -0.256 e. The third kappa shape index (κ3) is 1.58. The zero-order chi connectivity index (χ0) is 7.90. The van der Waals surface area contributed by atoms with Crippen LogP contribution in [0.2, 0.25) is 0 Å². The molecule has 2 saturated carbocycles. The van der Waals surface area contributed by atoms with E-state index in [1.807, 2.05) is 0 Å². The largest absolute Gasteiger partial charge is 0.256 e. The van der Waals surface area contributed by atoms with Crippen LogP contribution in [0.4, 0.5) is 0 Å². The quantitative estimate of drug-likeness (QED) is 0.578. The molecule has 2 rings (SSSR count). The highest BCUT2D eigenvalue weighted by Gasteiger charge is 2.44. The Hall–Kier alpha value is 0.350. The molecule has 0 radical (unpaired) electrons. The van der Waals surface area contributed by atoms with Gasteiger partial charge in [-0.25, -0.2) is 0 Å². The zero-order valence-corrected chi connectivity index (χ0v) is 8.66. The molecule has 0 nitrogen and oxygen atoms in total. The molecule has 0 aromatic heterocycles. The Morgan fingerprint density at radius 1 is 1.00 bits per heavy atom. The normalized spacial score (nSPS) is 30.5. The van der Waals surface area contributed by atoms with Gasteiger partial charge in [0.25, 0.3) is 0 Å². The van der Waals surface area contributed by atoms with E-state index in [1.165, 1.54) is 0 Å². The van der Waals surface area contributed by atoms with E-state index in [2.05, 4.69) is 12.5 Å². The van der Waals surface area contributed by atoms with Crippen LogP contribution in [0.15, 0.2) is 0 Å². The van der Waals surface area contributed by atoms with Gasteiger partial charge in [0.15, 0.2) is 0 Å². The Bertz CT molecular complexity index is 137. The summed E-state index contributed by atoms with van der Waals surface area (Å²) in [5.74, 6) is 0. The lowest BCUT2D eigenvalue weighted by Gasteiger charge is -2.32. The van der Waals surface area contributed by atoms with Crippen LogP contribution >= 0.6 is 10.9 Å². The van der Waals surface area contributed by atoms with Gasteiger partial charge in [0.1, 0.15) is 0 Å². The number of rotatable bonds is 1. The Balaban J connectivity index is 1.84. The van der Waals surface area contributed by atoms with E-state index in [4.69, 9.17) is 0 Å². The minimum atomic E-state index is 0.368. The van der Waals surface area contributed by atoms with Crippen molar-refractivity contribution >= 4 is 10.9 Å². The van der Waals surface area contributed by atoms with E-state index >= 15 is 0 Å². The van der Waals surface area contributed by atoms with Gasteiger partial charge >= 0.3 is 0 Å². The van der Waals surface area contributed by atoms with Gasteiger partial charge in [-0.2, -0.15) is 0 Å². The maximum Gasteiger partial charge on any atom is -0.0141 e. The summed E-state index contributed by atoms with van der Waals surface area (Å²) in [7, 11) is 0.368. The first-order valence-electron chi connectivity index (χ1n) is 4.88. The van der Waals surface area contributed by atoms with Gasteiger partial charge in [0, 0.05) is 0 Å². The van der Waals surface area contributed by atoms with Gasteiger partial charge in [-0.15, -0.1) is 0 Å². The molecular weight excluding hydrogens is 152 g/mol. The van der Waals surface area contributed by atoms with Crippen LogP contribution in [0.25, 0.3) is 0 Å². The van der Waals surface area contributed by atoms with Crippen molar-refractivity contribution in [3.63, 3.8) is 0 Å². The van der Waals surface area contributed by atoms with Gasteiger partial charge < -0.3 is 0 Å². The SMILES string of the molecule is C[SH](C)C1CCC2(CC1)CC2. The Kier molecular flexibility index (Phi) is 1.95. The predicted octanol–water partition coefficient (Wildman–Crippen LogP) is 2.97. The van der Waals surface area contributed by atoms with Crippen molar-refractivity contribution in [1.82, 2.24) is 0 Å². The van der Waals surface area contributed by atoms with Gasteiger partial charge in [0.2, 0.25) is 0 Å². The van der Waals surface area contributed by atoms with Crippen LogP contribution in [-0.2, 0) is 0 Å². The molecule has 0 atom stereocenters. The topological polar surface area (TPSA) is 0 Å². The lowest BCUT2D eigenvalue weighted by atomic mass is 9.86. The fourth-order valence-corrected chi connectivity index (χ4v) is 3.70. The first-order chi connectivity index (χ1) is 5.22. The molecule has 0 unspecified atom stereocenters. The molecule has 2 fully saturated rings. The predicted molar refractivity (Wildman–Crippen MR) is 54.8 cm³/mol. The standard InChI is InChI=1S/C10H20S/c1-11(2)9-3-5-10(6-4-9)7-8-10/h9,11H,3-8H2,1-2H3. The van der Waals surface area contributed by atoms with E-state index in [0.29, 0.717) is 10.9 Å². The van der Waals surface area contributed by atoms with Crippen molar-refractivity contribution in [2.24, 2.45) is 5.41 Å². The fourth-order valence-electron chi connectivity index (χ4n) is 2.41. The highest BCUT2D eigenvalue weighted by molar-refractivity contribution is 8.16. The number of thiol groups is 1. The third-order valence-electron chi connectivity index (χ3n) is 3.70. The molecule has 0 N–H and O–H groups in total. The highest BCUT2D eigenvalue weighted by atomic mass is 32.2.